The summed E-state index contributed by atoms with van der Waals surface area (Å²) in [4.78, 5) is 18.1. The Morgan fingerprint density at radius 1 is 1.15 bits per heavy atom. The van der Waals surface area contributed by atoms with Crippen LogP contribution in [-0.2, 0) is 6.54 Å². The third-order valence-electron chi connectivity index (χ3n) is 2.80. The molecule has 0 N–H and O–H groups in total. The largest absolute Gasteiger partial charge is 0.332 e. The lowest BCUT2D eigenvalue weighted by Crippen LogP contribution is -2.32. The van der Waals surface area contributed by atoms with Crippen molar-refractivity contribution in [1.82, 2.24) is 9.88 Å². The molecule has 0 bridgehead atoms. The lowest BCUT2D eigenvalue weighted by atomic mass is 10.2. The number of halogens is 2. The number of pyridine rings is 1. The monoisotopic (exact) mass is 308 g/mol. The van der Waals surface area contributed by atoms with E-state index in [1.165, 1.54) is 6.20 Å². The van der Waals surface area contributed by atoms with Crippen molar-refractivity contribution in [1.29, 1.82) is 0 Å². The van der Waals surface area contributed by atoms with Gasteiger partial charge in [-0.3, -0.25) is 4.79 Å². The van der Waals surface area contributed by atoms with Gasteiger partial charge in [0.1, 0.15) is 5.69 Å². The van der Waals surface area contributed by atoms with Gasteiger partial charge in [0.25, 0.3) is 5.91 Å². The molecule has 20 heavy (non-hydrogen) atoms. The number of carbonyl (C=O) groups excluding carboxylic acids is 1. The Kier molecular flexibility index (Phi) is 5.39. The molecule has 3 nitrogen and oxygen atoms in total. The van der Waals surface area contributed by atoms with Crippen molar-refractivity contribution in [3.63, 3.8) is 0 Å². The Morgan fingerprint density at radius 3 is 2.50 bits per heavy atom. The zero-order valence-corrected chi connectivity index (χ0v) is 12.3. The van der Waals surface area contributed by atoms with E-state index in [-0.39, 0.29) is 5.91 Å². The zero-order valence-electron chi connectivity index (χ0n) is 10.8. The van der Waals surface area contributed by atoms with Crippen molar-refractivity contribution in [3.8, 4) is 0 Å². The Morgan fingerprint density at radius 2 is 1.90 bits per heavy atom. The number of aromatic nitrogens is 1. The molecule has 2 aromatic rings. The van der Waals surface area contributed by atoms with Gasteiger partial charge >= 0.3 is 0 Å². The summed E-state index contributed by atoms with van der Waals surface area (Å²) in [5, 5.41) is 0.508. The third-order valence-corrected chi connectivity index (χ3v) is 3.20. The minimum atomic E-state index is -0.147. The fourth-order valence-electron chi connectivity index (χ4n) is 1.82. The molecule has 0 aliphatic heterocycles. The highest BCUT2D eigenvalue weighted by molar-refractivity contribution is 6.30. The van der Waals surface area contributed by atoms with Gasteiger partial charge in [-0.2, -0.15) is 0 Å². The fraction of sp³-hybridized carbons (Fsp3) is 0.200. The SMILES string of the molecule is O=C(c1ccc(Cl)cn1)N(CCCl)Cc1ccccc1. The van der Waals surface area contributed by atoms with Crippen LogP contribution in [0.2, 0.25) is 5.02 Å². The molecule has 0 unspecified atom stereocenters. The number of alkyl halides is 1. The van der Waals surface area contributed by atoms with Gasteiger partial charge in [-0.25, -0.2) is 4.98 Å². The first-order valence-corrected chi connectivity index (χ1v) is 7.12. The second-order valence-electron chi connectivity index (χ2n) is 4.26. The molecule has 5 heteroatoms. The van der Waals surface area contributed by atoms with E-state index in [0.29, 0.717) is 29.7 Å². The molecule has 1 heterocycles. The molecule has 1 aromatic heterocycles. The van der Waals surface area contributed by atoms with Crippen LogP contribution in [0.15, 0.2) is 48.7 Å². The van der Waals surface area contributed by atoms with E-state index in [9.17, 15) is 4.79 Å². The second-order valence-corrected chi connectivity index (χ2v) is 5.08. The van der Waals surface area contributed by atoms with Crippen LogP contribution < -0.4 is 0 Å². The summed E-state index contributed by atoms with van der Waals surface area (Å²) in [7, 11) is 0. The predicted molar refractivity (Wildman–Crippen MR) is 81.1 cm³/mol. The van der Waals surface area contributed by atoms with Crippen LogP contribution in [0.1, 0.15) is 16.1 Å². The summed E-state index contributed by atoms with van der Waals surface area (Å²) in [6, 6.07) is 13.1. The highest BCUT2D eigenvalue weighted by Crippen LogP contribution is 2.11. The van der Waals surface area contributed by atoms with Crippen LogP contribution in [0.25, 0.3) is 0 Å². The van der Waals surface area contributed by atoms with Crippen molar-refractivity contribution in [3.05, 3.63) is 64.9 Å². The summed E-state index contributed by atoms with van der Waals surface area (Å²) >= 11 is 11.6. The standard InChI is InChI=1S/C15H14Cl2N2O/c16-8-9-19(11-12-4-2-1-3-5-12)15(20)14-7-6-13(17)10-18-14/h1-7,10H,8-9,11H2. The average Bonchev–Trinajstić information content (AvgIpc) is 2.48. The zero-order chi connectivity index (χ0) is 14.4. The number of benzene rings is 1. The molecule has 0 radical (unpaired) electrons. The lowest BCUT2D eigenvalue weighted by Gasteiger charge is -2.21. The van der Waals surface area contributed by atoms with Gasteiger partial charge < -0.3 is 4.90 Å². The van der Waals surface area contributed by atoms with Crippen molar-refractivity contribution in [2.45, 2.75) is 6.54 Å². The summed E-state index contributed by atoms with van der Waals surface area (Å²) < 4.78 is 0. The number of rotatable bonds is 5. The second kappa shape index (κ2) is 7.27. The maximum atomic E-state index is 12.4. The normalized spacial score (nSPS) is 10.3. The fourth-order valence-corrected chi connectivity index (χ4v) is 2.14. The van der Waals surface area contributed by atoms with E-state index in [2.05, 4.69) is 4.98 Å². The van der Waals surface area contributed by atoms with E-state index >= 15 is 0 Å². The van der Waals surface area contributed by atoms with E-state index < -0.39 is 0 Å². The average molecular weight is 309 g/mol. The Hall–Kier alpha value is -1.58. The summed E-state index contributed by atoms with van der Waals surface area (Å²) in [5.41, 5.74) is 1.43. The first-order valence-electron chi connectivity index (χ1n) is 6.21. The maximum absolute atomic E-state index is 12.4. The quantitative estimate of drug-likeness (QED) is 0.790. The van der Waals surface area contributed by atoms with Crippen molar-refractivity contribution in [2.24, 2.45) is 0 Å². The van der Waals surface area contributed by atoms with Crippen molar-refractivity contribution >= 4 is 29.1 Å². The molecule has 0 fully saturated rings. The number of hydrogen-bond donors (Lipinski definition) is 0. The Bertz CT molecular complexity index is 558. The predicted octanol–water partition coefficient (Wildman–Crippen LogP) is 3.62. The molecule has 0 spiro atoms. The molecule has 1 amide bonds. The topological polar surface area (TPSA) is 33.2 Å². The van der Waals surface area contributed by atoms with Gasteiger partial charge in [0.2, 0.25) is 0 Å². The highest BCUT2D eigenvalue weighted by atomic mass is 35.5. The third kappa shape index (κ3) is 3.95. The number of hydrogen-bond acceptors (Lipinski definition) is 2. The molecular formula is C15H14Cl2N2O. The number of nitrogens with zero attached hydrogens (tertiary/aromatic N) is 2. The molecule has 0 saturated carbocycles. The van der Waals surface area contributed by atoms with Crippen LogP contribution in [0, 0.1) is 0 Å². The first kappa shape index (κ1) is 14.8. The van der Waals surface area contributed by atoms with Crippen molar-refractivity contribution < 1.29 is 4.79 Å². The number of amides is 1. The van der Waals surface area contributed by atoms with Crippen LogP contribution in [0.4, 0.5) is 0 Å². The maximum Gasteiger partial charge on any atom is 0.272 e. The minimum absolute atomic E-state index is 0.147. The summed E-state index contributed by atoms with van der Waals surface area (Å²) in [6.07, 6.45) is 1.47. The molecule has 104 valence electrons. The van der Waals surface area contributed by atoms with Gasteiger partial charge in [-0.1, -0.05) is 41.9 Å². The van der Waals surface area contributed by atoms with Gasteiger partial charge in [0.05, 0.1) is 5.02 Å². The summed E-state index contributed by atoms with van der Waals surface area (Å²) in [5.74, 6) is 0.234. The lowest BCUT2D eigenvalue weighted by molar-refractivity contribution is 0.0748. The van der Waals surface area contributed by atoms with E-state index in [1.54, 1.807) is 17.0 Å². The van der Waals surface area contributed by atoms with E-state index in [0.717, 1.165) is 5.56 Å². The van der Waals surface area contributed by atoms with Crippen molar-refractivity contribution in [2.75, 3.05) is 12.4 Å². The first-order chi connectivity index (χ1) is 9.70. The highest BCUT2D eigenvalue weighted by Gasteiger charge is 2.16. The van der Waals surface area contributed by atoms with Crippen LogP contribution in [0.5, 0.6) is 0 Å². The van der Waals surface area contributed by atoms with E-state index in [4.69, 9.17) is 23.2 Å². The Labute approximate surface area is 128 Å². The number of carbonyl (C=O) groups is 1. The molecule has 1 aromatic carbocycles. The smallest absolute Gasteiger partial charge is 0.272 e. The molecule has 0 aliphatic rings. The molecule has 0 aliphatic carbocycles. The van der Waals surface area contributed by atoms with Gasteiger partial charge in [-0.05, 0) is 17.7 Å². The van der Waals surface area contributed by atoms with Crippen LogP contribution >= 0.6 is 23.2 Å². The van der Waals surface area contributed by atoms with Crippen LogP contribution in [-0.4, -0.2) is 28.2 Å². The molecule has 0 atom stereocenters. The van der Waals surface area contributed by atoms with Crippen LogP contribution in [0.3, 0.4) is 0 Å². The van der Waals surface area contributed by atoms with Gasteiger partial charge in [-0.15, -0.1) is 11.6 Å². The molecule has 2 rings (SSSR count). The van der Waals surface area contributed by atoms with Gasteiger partial charge in [0.15, 0.2) is 0 Å². The van der Waals surface area contributed by atoms with Gasteiger partial charge in [0, 0.05) is 25.2 Å². The minimum Gasteiger partial charge on any atom is -0.332 e. The Balaban J connectivity index is 2.15. The summed E-state index contributed by atoms with van der Waals surface area (Å²) in [6.45, 7) is 0.982. The van der Waals surface area contributed by atoms with E-state index in [1.807, 2.05) is 30.3 Å². The molecule has 0 saturated heterocycles. The molecular weight excluding hydrogens is 295 g/mol.